The topological polar surface area (TPSA) is 74.7 Å². The van der Waals surface area contributed by atoms with Crippen molar-refractivity contribution < 1.29 is 14.6 Å². The molecule has 1 aromatic carbocycles. The van der Waals surface area contributed by atoms with Crippen molar-refractivity contribution in [2.45, 2.75) is 52.1 Å². The van der Waals surface area contributed by atoms with Crippen molar-refractivity contribution in [3.8, 4) is 0 Å². The average Bonchev–Trinajstić information content (AvgIpc) is 3.21. The van der Waals surface area contributed by atoms with E-state index in [1.807, 2.05) is 42.2 Å². The first kappa shape index (κ1) is 22.8. The maximum Gasteiger partial charge on any atom is 0.225 e. The lowest BCUT2D eigenvalue weighted by atomic mass is 9.53. The number of aliphatic hydroxyl groups excluding tert-OH is 1. The second kappa shape index (κ2) is 9.01. The van der Waals surface area contributed by atoms with Gasteiger partial charge in [-0.25, -0.2) is 4.98 Å². The molecule has 2 heterocycles. The molecule has 2 aliphatic carbocycles. The maximum atomic E-state index is 13.2. The molecule has 6 atom stereocenters. The molecule has 33 heavy (non-hydrogen) atoms. The highest BCUT2D eigenvalue weighted by Crippen LogP contribution is 2.57. The quantitative estimate of drug-likeness (QED) is 0.693. The highest BCUT2D eigenvalue weighted by atomic mass is 32.1. The van der Waals surface area contributed by atoms with Crippen molar-refractivity contribution in [2.24, 2.45) is 23.2 Å². The van der Waals surface area contributed by atoms with Gasteiger partial charge in [0.25, 0.3) is 0 Å². The first-order valence-corrected chi connectivity index (χ1v) is 13.1. The summed E-state index contributed by atoms with van der Waals surface area (Å²) in [5.74, 6) is 0.239. The smallest absolute Gasteiger partial charge is 0.225 e. The number of nitrogens with zero attached hydrogens (tertiary/aromatic N) is 2. The number of morpholine rings is 1. The van der Waals surface area contributed by atoms with E-state index in [4.69, 9.17) is 9.72 Å². The molecule has 2 fully saturated rings. The number of hydrogen-bond acceptors (Lipinski definition) is 6. The monoisotopic (exact) mass is 469 g/mol. The van der Waals surface area contributed by atoms with E-state index < -0.39 is 6.10 Å². The zero-order valence-electron chi connectivity index (χ0n) is 19.8. The number of ether oxygens (including phenoxy) is 1. The standard InChI is InChI=1S/C26H35N3O3S/c1-16(24(31)29-11-13-32-14-12-29)19-9-10-26(3)15-20-22(17(2)21(26)23(19)30)28-25(33-20)27-18-7-5-4-6-8-18/h4-8,16-17,19,21,23,30H,9-15H2,1-3H3,(H,27,28). The van der Waals surface area contributed by atoms with Crippen LogP contribution in [-0.4, -0.2) is 53.3 Å². The number of aromatic nitrogens is 1. The molecule has 7 heteroatoms. The van der Waals surface area contributed by atoms with Crippen molar-refractivity contribution >= 4 is 28.1 Å². The number of hydrogen-bond donors (Lipinski definition) is 2. The molecule has 1 amide bonds. The average molecular weight is 470 g/mol. The summed E-state index contributed by atoms with van der Waals surface area (Å²) < 4.78 is 5.41. The van der Waals surface area contributed by atoms with Gasteiger partial charge < -0.3 is 20.1 Å². The Morgan fingerprint density at radius 1 is 1.30 bits per heavy atom. The van der Waals surface area contributed by atoms with Crippen molar-refractivity contribution in [1.29, 1.82) is 0 Å². The van der Waals surface area contributed by atoms with Crippen LogP contribution in [0, 0.1) is 23.2 Å². The summed E-state index contributed by atoms with van der Waals surface area (Å²) in [5.41, 5.74) is 2.18. The van der Waals surface area contributed by atoms with Gasteiger partial charge in [-0.1, -0.05) is 39.0 Å². The van der Waals surface area contributed by atoms with Gasteiger partial charge in [-0.2, -0.15) is 0 Å². The summed E-state index contributed by atoms with van der Waals surface area (Å²) in [5, 5.41) is 16.0. The highest BCUT2D eigenvalue weighted by molar-refractivity contribution is 7.15. The van der Waals surface area contributed by atoms with Gasteiger partial charge >= 0.3 is 0 Å². The minimum atomic E-state index is -0.501. The van der Waals surface area contributed by atoms with Crippen molar-refractivity contribution in [1.82, 2.24) is 9.88 Å². The Balaban J connectivity index is 1.36. The van der Waals surface area contributed by atoms with E-state index in [2.05, 4.69) is 19.2 Å². The van der Waals surface area contributed by atoms with Crippen LogP contribution in [0.15, 0.2) is 30.3 Å². The molecule has 0 radical (unpaired) electrons. The van der Waals surface area contributed by atoms with Gasteiger partial charge in [-0.3, -0.25) is 4.79 Å². The van der Waals surface area contributed by atoms with Crippen molar-refractivity contribution in [3.05, 3.63) is 40.9 Å². The molecule has 2 aromatic rings. The molecule has 6 nitrogen and oxygen atoms in total. The SMILES string of the molecule is CC(C(=O)N1CCOCC1)C1CCC2(C)Cc3sc(Nc4ccccc4)nc3C(C)C2C1O. The number of aliphatic hydroxyl groups is 1. The molecule has 0 spiro atoms. The second-order valence-corrected chi connectivity index (χ2v) is 11.5. The third kappa shape index (κ3) is 4.19. The van der Waals surface area contributed by atoms with E-state index in [0.717, 1.165) is 35.8 Å². The van der Waals surface area contributed by atoms with Crippen LogP contribution >= 0.6 is 11.3 Å². The Labute approximate surface area is 200 Å². The molecular weight excluding hydrogens is 434 g/mol. The van der Waals surface area contributed by atoms with E-state index in [1.165, 1.54) is 4.88 Å². The molecule has 6 unspecified atom stereocenters. The van der Waals surface area contributed by atoms with Crippen molar-refractivity contribution in [2.75, 3.05) is 31.6 Å². The van der Waals surface area contributed by atoms with E-state index in [1.54, 1.807) is 11.3 Å². The normalized spacial score (nSPS) is 32.5. The van der Waals surface area contributed by atoms with Gasteiger partial charge in [0, 0.05) is 35.5 Å². The van der Waals surface area contributed by atoms with Gasteiger partial charge in [0.05, 0.1) is 25.0 Å². The minimum Gasteiger partial charge on any atom is -0.392 e. The number of amides is 1. The Morgan fingerprint density at radius 2 is 2.03 bits per heavy atom. The zero-order chi connectivity index (χ0) is 23.2. The number of nitrogens with one attached hydrogen (secondary N) is 1. The molecule has 0 bridgehead atoms. The number of carbonyl (C=O) groups is 1. The predicted molar refractivity (Wildman–Crippen MR) is 131 cm³/mol. The van der Waals surface area contributed by atoms with Crippen LogP contribution in [0.1, 0.15) is 50.1 Å². The second-order valence-electron chi connectivity index (χ2n) is 10.4. The van der Waals surface area contributed by atoms with Gasteiger partial charge in [0.1, 0.15) is 0 Å². The fraction of sp³-hybridized carbons (Fsp3) is 0.615. The lowest BCUT2D eigenvalue weighted by Gasteiger charge is -2.53. The molecule has 5 rings (SSSR count). The number of benzene rings is 1. The predicted octanol–water partition coefficient (Wildman–Crippen LogP) is 4.43. The summed E-state index contributed by atoms with van der Waals surface area (Å²) in [6.07, 6.45) is 2.37. The number of rotatable bonds is 4. The first-order chi connectivity index (χ1) is 15.9. The molecular formula is C26H35N3O3S. The minimum absolute atomic E-state index is 0.0111. The van der Waals surface area contributed by atoms with Crippen LogP contribution in [0.5, 0.6) is 0 Å². The molecule has 3 aliphatic rings. The fourth-order valence-corrected chi connectivity index (χ4v) is 7.78. The van der Waals surface area contributed by atoms with Gasteiger partial charge in [-0.15, -0.1) is 11.3 Å². The largest absolute Gasteiger partial charge is 0.392 e. The summed E-state index contributed by atoms with van der Waals surface area (Å²) in [6.45, 7) is 9.08. The van der Waals surface area contributed by atoms with Crippen LogP contribution in [-0.2, 0) is 16.0 Å². The highest BCUT2D eigenvalue weighted by Gasteiger charge is 2.54. The van der Waals surface area contributed by atoms with E-state index in [-0.39, 0.29) is 35.0 Å². The number of para-hydroxylation sites is 1. The van der Waals surface area contributed by atoms with E-state index in [9.17, 15) is 9.90 Å². The summed E-state index contributed by atoms with van der Waals surface area (Å²) in [7, 11) is 0. The molecule has 1 saturated carbocycles. The summed E-state index contributed by atoms with van der Waals surface area (Å²) in [6, 6.07) is 10.1. The summed E-state index contributed by atoms with van der Waals surface area (Å²) in [4.78, 5) is 21.4. The molecule has 1 aromatic heterocycles. The van der Waals surface area contributed by atoms with Gasteiger partial charge in [0.15, 0.2) is 5.13 Å². The van der Waals surface area contributed by atoms with Crippen LogP contribution < -0.4 is 5.32 Å². The Morgan fingerprint density at radius 3 is 2.76 bits per heavy atom. The summed E-state index contributed by atoms with van der Waals surface area (Å²) >= 11 is 1.74. The van der Waals surface area contributed by atoms with E-state index in [0.29, 0.717) is 26.3 Å². The van der Waals surface area contributed by atoms with Crippen molar-refractivity contribution in [3.63, 3.8) is 0 Å². The maximum absolute atomic E-state index is 13.2. The molecule has 1 aliphatic heterocycles. The lowest BCUT2D eigenvalue weighted by Crippen LogP contribution is -2.54. The number of fused-ring (bicyclic) bond motifs is 2. The number of thiazole rings is 1. The lowest BCUT2D eigenvalue weighted by molar-refractivity contribution is -0.148. The van der Waals surface area contributed by atoms with Crippen LogP contribution in [0.2, 0.25) is 0 Å². The van der Waals surface area contributed by atoms with Crippen LogP contribution in [0.4, 0.5) is 10.8 Å². The fourth-order valence-electron chi connectivity index (χ4n) is 6.50. The number of carbonyl (C=O) groups excluding carboxylic acids is 1. The van der Waals surface area contributed by atoms with Gasteiger partial charge in [0.2, 0.25) is 5.91 Å². The van der Waals surface area contributed by atoms with E-state index >= 15 is 0 Å². The van der Waals surface area contributed by atoms with Gasteiger partial charge in [-0.05, 0) is 48.6 Å². The zero-order valence-corrected chi connectivity index (χ0v) is 20.6. The van der Waals surface area contributed by atoms with Crippen LogP contribution in [0.25, 0.3) is 0 Å². The van der Waals surface area contributed by atoms with Crippen LogP contribution in [0.3, 0.4) is 0 Å². The third-order valence-electron chi connectivity index (χ3n) is 8.30. The third-order valence-corrected chi connectivity index (χ3v) is 9.29. The molecule has 1 saturated heterocycles. The Bertz CT molecular complexity index is 990. The molecule has 178 valence electrons. The Kier molecular flexibility index (Phi) is 6.23. The first-order valence-electron chi connectivity index (χ1n) is 12.2. The molecule has 2 N–H and O–H groups in total. The Hall–Kier alpha value is -1.96. The number of anilines is 2.